The molecule has 0 atom stereocenters. The minimum absolute atomic E-state index is 0.249. The molecule has 0 radical (unpaired) electrons. The predicted octanol–water partition coefficient (Wildman–Crippen LogP) is 4.28. The fourth-order valence-electron chi connectivity index (χ4n) is 3.42. The Kier molecular flexibility index (Phi) is 6.12. The van der Waals surface area contributed by atoms with Gasteiger partial charge in [0.05, 0.1) is 56.0 Å². The molecule has 8 nitrogen and oxygen atoms in total. The maximum atomic E-state index is 12.8. The van der Waals surface area contributed by atoms with Crippen LogP contribution in [0.2, 0.25) is 0 Å². The number of aromatic nitrogens is 2. The summed E-state index contributed by atoms with van der Waals surface area (Å²) in [6.07, 6.45) is 6.92. The Morgan fingerprint density at radius 2 is 1.91 bits per heavy atom. The van der Waals surface area contributed by atoms with E-state index in [1.165, 1.54) is 7.11 Å². The molecule has 164 valence electrons. The molecule has 0 aliphatic carbocycles. The Hall–Kier alpha value is -4.20. The summed E-state index contributed by atoms with van der Waals surface area (Å²) in [5.41, 5.74) is 3.62. The third kappa shape index (κ3) is 4.15. The Bertz CT molecular complexity index is 1260. The van der Waals surface area contributed by atoms with Crippen molar-refractivity contribution in [2.24, 2.45) is 0 Å². The number of fused-ring (bicyclic) bond motifs is 1. The monoisotopic (exact) mass is 433 g/mol. The van der Waals surface area contributed by atoms with Crippen molar-refractivity contribution >= 4 is 29.0 Å². The van der Waals surface area contributed by atoms with Crippen molar-refractivity contribution < 1.29 is 23.4 Å². The van der Waals surface area contributed by atoms with Gasteiger partial charge < -0.3 is 23.9 Å². The molecular formula is C24H23N3O5. The number of nitrogens with zero attached hydrogens (tertiary/aromatic N) is 1. The van der Waals surface area contributed by atoms with Crippen LogP contribution in [-0.2, 0) is 6.54 Å². The minimum Gasteiger partial charge on any atom is -0.495 e. The van der Waals surface area contributed by atoms with Crippen LogP contribution in [0.15, 0.2) is 53.3 Å². The van der Waals surface area contributed by atoms with E-state index in [1.54, 1.807) is 38.9 Å². The lowest BCUT2D eigenvalue weighted by atomic mass is 10.1. The summed E-state index contributed by atoms with van der Waals surface area (Å²) in [6.45, 7) is 0.355. The second kappa shape index (κ2) is 9.30. The lowest BCUT2D eigenvalue weighted by molar-refractivity contribution is 0.0948. The normalized spacial score (nSPS) is 11.1. The van der Waals surface area contributed by atoms with Crippen LogP contribution < -0.4 is 19.5 Å². The van der Waals surface area contributed by atoms with E-state index in [0.29, 0.717) is 35.1 Å². The Morgan fingerprint density at radius 3 is 2.62 bits per heavy atom. The van der Waals surface area contributed by atoms with Crippen LogP contribution in [0.1, 0.15) is 27.2 Å². The molecule has 4 aromatic rings. The Balaban J connectivity index is 1.65. The second-order valence-electron chi connectivity index (χ2n) is 6.94. The summed E-state index contributed by atoms with van der Waals surface area (Å²) in [6, 6.07) is 10.9. The molecule has 0 spiro atoms. The van der Waals surface area contributed by atoms with Gasteiger partial charge in [0.2, 0.25) is 0 Å². The van der Waals surface area contributed by atoms with Crippen LogP contribution in [0.5, 0.6) is 17.2 Å². The number of amides is 1. The van der Waals surface area contributed by atoms with Gasteiger partial charge in [0.25, 0.3) is 5.91 Å². The number of rotatable bonds is 8. The van der Waals surface area contributed by atoms with Crippen LogP contribution in [0, 0.1) is 0 Å². The van der Waals surface area contributed by atoms with Crippen molar-refractivity contribution in [1.29, 1.82) is 0 Å². The van der Waals surface area contributed by atoms with Crippen LogP contribution >= 0.6 is 0 Å². The van der Waals surface area contributed by atoms with Crippen LogP contribution in [-0.4, -0.2) is 37.4 Å². The quantitative estimate of drug-likeness (QED) is 0.430. The number of nitrogens with one attached hydrogen (secondary N) is 2. The second-order valence-corrected chi connectivity index (χ2v) is 6.94. The van der Waals surface area contributed by atoms with Gasteiger partial charge in [-0.05, 0) is 42.0 Å². The average molecular weight is 433 g/mol. The van der Waals surface area contributed by atoms with E-state index in [4.69, 9.17) is 18.6 Å². The van der Waals surface area contributed by atoms with Crippen molar-refractivity contribution in [3.63, 3.8) is 0 Å². The van der Waals surface area contributed by atoms with Crippen molar-refractivity contribution in [2.45, 2.75) is 6.54 Å². The van der Waals surface area contributed by atoms with Crippen LogP contribution in [0.25, 0.3) is 23.1 Å². The zero-order valence-electron chi connectivity index (χ0n) is 18.0. The fraction of sp³-hybridized carbons (Fsp3) is 0.167. The highest BCUT2D eigenvalue weighted by molar-refractivity contribution is 6.05. The van der Waals surface area contributed by atoms with Gasteiger partial charge in [0.1, 0.15) is 5.75 Å². The Morgan fingerprint density at radius 1 is 1.06 bits per heavy atom. The molecule has 1 amide bonds. The first-order chi connectivity index (χ1) is 15.6. The third-order valence-corrected chi connectivity index (χ3v) is 5.03. The number of carbonyl (C=O) groups is 1. The largest absolute Gasteiger partial charge is 0.495 e. The van der Waals surface area contributed by atoms with Gasteiger partial charge in [0.15, 0.2) is 11.5 Å². The van der Waals surface area contributed by atoms with Gasteiger partial charge in [-0.25, -0.2) is 0 Å². The van der Waals surface area contributed by atoms with Gasteiger partial charge in [-0.3, -0.25) is 9.89 Å². The molecule has 2 heterocycles. The van der Waals surface area contributed by atoms with Crippen molar-refractivity contribution in [3.05, 3.63) is 71.3 Å². The van der Waals surface area contributed by atoms with Gasteiger partial charge in [-0.2, -0.15) is 5.10 Å². The van der Waals surface area contributed by atoms with Gasteiger partial charge in [-0.15, -0.1) is 0 Å². The molecule has 2 N–H and O–H groups in total. The molecule has 8 heteroatoms. The summed E-state index contributed by atoms with van der Waals surface area (Å²) >= 11 is 0. The third-order valence-electron chi connectivity index (χ3n) is 5.03. The van der Waals surface area contributed by atoms with Crippen molar-refractivity contribution in [3.8, 4) is 17.2 Å². The number of carbonyl (C=O) groups excluding carboxylic acids is 1. The van der Waals surface area contributed by atoms with E-state index in [-0.39, 0.29) is 5.91 Å². The first-order valence-electron chi connectivity index (χ1n) is 9.89. The number of hydrogen-bond donors (Lipinski definition) is 2. The van der Waals surface area contributed by atoms with E-state index in [9.17, 15) is 4.79 Å². The molecule has 0 aliphatic heterocycles. The van der Waals surface area contributed by atoms with Gasteiger partial charge >= 0.3 is 0 Å². The summed E-state index contributed by atoms with van der Waals surface area (Å²) < 4.78 is 21.3. The smallest absolute Gasteiger partial charge is 0.255 e. The van der Waals surface area contributed by atoms with E-state index in [0.717, 1.165) is 22.0 Å². The number of hydrogen-bond acceptors (Lipinski definition) is 6. The first kappa shape index (κ1) is 21.0. The molecule has 0 saturated heterocycles. The van der Waals surface area contributed by atoms with Gasteiger partial charge in [0, 0.05) is 12.1 Å². The standard InChI is InChI=1S/C24H23N3O5/c1-29-20-9-5-15(12-21(20)30-2)4-7-18-22-19(27-26-18)8-6-17(23(22)31-3)24(28)25-13-16-10-11-32-14-16/h4-12,14H,13H2,1-3H3,(H,25,28)(H,26,27). The minimum atomic E-state index is -0.249. The zero-order valence-corrected chi connectivity index (χ0v) is 18.0. The average Bonchev–Trinajstić information content (AvgIpc) is 3.50. The number of furan rings is 1. The molecular weight excluding hydrogens is 410 g/mol. The van der Waals surface area contributed by atoms with E-state index >= 15 is 0 Å². The zero-order chi connectivity index (χ0) is 22.5. The predicted molar refractivity (Wildman–Crippen MR) is 121 cm³/mol. The summed E-state index contributed by atoms with van der Waals surface area (Å²) in [5.74, 6) is 1.49. The number of methoxy groups -OCH3 is 3. The molecule has 2 aromatic heterocycles. The highest BCUT2D eigenvalue weighted by atomic mass is 16.5. The highest BCUT2D eigenvalue weighted by Crippen LogP contribution is 2.33. The SMILES string of the molecule is COc1ccc(C=Cc2n[nH]c3ccc(C(=O)NCc4ccoc4)c(OC)c23)cc1OC. The summed E-state index contributed by atoms with van der Waals surface area (Å²) in [5, 5.41) is 11.0. The molecule has 0 fully saturated rings. The number of benzene rings is 2. The first-order valence-corrected chi connectivity index (χ1v) is 9.89. The van der Waals surface area contributed by atoms with E-state index in [2.05, 4.69) is 15.5 Å². The van der Waals surface area contributed by atoms with Crippen molar-refractivity contribution in [1.82, 2.24) is 15.5 Å². The molecule has 32 heavy (non-hydrogen) atoms. The number of aromatic amines is 1. The molecule has 0 unspecified atom stereocenters. The molecule has 4 rings (SSSR count). The molecule has 2 aromatic carbocycles. The molecule has 0 saturated carbocycles. The van der Waals surface area contributed by atoms with Crippen LogP contribution in [0.3, 0.4) is 0 Å². The Labute approximate surface area is 184 Å². The van der Waals surface area contributed by atoms with Gasteiger partial charge in [-0.1, -0.05) is 12.1 Å². The number of H-pyrrole nitrogens is 1. The summed E-state index contributed by atoms with van der Waals surface area (Å²) in [7, 11) is 4.73. The highest BCUT2D eigenvalue weighted by Gasteiger charge is 2.19. The lowest BCUT2D eigenvalue weighted by Crippen LogP contribution is -2.23. The summed E-state index contributed by atoms with van der Waals surface area (Å²) in [4.78, 5) is 12.8. The lowest BCUT2D eigenvalue weighted by Gasteiger charge is -2.10. The number of ether oxygens (including phenoxy) is 3. The maximum Gasteiger partial charge on any atom is 0.255 e. The fourth-order valence-corrected chi connectivity index (χ4v) is 3.42. The van der Waals surface area contributed by atoms with Crippen LogP contribution in [0.4, 0.5) is 0 Å². The van der Waals surface area contributed by atoms with Crippen molar-refractivity contribution in [2.75, 3.05) is 21.3 Å². The van der Waals surface area contributed by atoms with E-state index < -0.39 is 0 Å². The van der Waals surface area contributed by atoms with E-state index in [1.807, 2.05) is 36.4 Å². The molecule has 0 aliphatic rings. The molecule has 0 bridgehead atoms. The maximum absolute atomic E-state index is 12.8. The topological polar surface area (TPSA) is 98.6 Å².